The number of methoxy groups -OCH3 is 1. The van der Waals surface area contributed by atoms with Crippen LogP contribution in [0.5, 0.6) is 11.6 Å². The summed E-state index contributed by atoms with van der Waals surface area (Å²) in [7, 11) is 1.62. The van der Waals surface area contributed by atoms with Crippen LogP contribution in [0.1, 0.15) is 69.6 Å². The van der Waals surface area contributed by atoms with Crippen LogP contribution in [-0.4, -0.2) is 23.2 Å². The second-order valence-electron chi connectivity index (χ2n) is 9.64. The smallest absolute Gasteiger partial charge is 0.303 e. The molecule has 3 aromatic rings. The second kappa shape index (κ2) is 11.2. The van der Waals surface area contributed by atoms with Crippen molar-refractivity contribution in [2.75, 3.05) is 7.11 Å². The Labute approximate surface area is 202 Å². The average molecular weight is 462 g/mol. The SMILES string of the molecule is CCC[C@H](CC(=O)O)c1cccc(OCc2ccc(-c3cccc(OC)n3)c(C(C)(C)C)c2)c1. The molecule has 0 aliphatic rings. The molecule has 1 heterocycles. The molecule has 0 unspecified atom stereocenters. The van der Waals surface area contributed by atoms with Gasteiger partial charge < -0.3 is 14.6 Å². The molecule has 0 saturated carbocycles. The third-order valence-electron chi connectivity index (χ3n) is 5.89. The number of carboxylic acid groups (broad SMARTS) is 1. The topological polar surface area (TPSA) is 68.7 Å². The van der Waals surface area contributed by atoms with Crippen LogP contribution < -0.4 is 9.47 Å². The van der Waals surface area contributed by atoms with Crippen molar-refractivity contribution >= 4 is 5.97 Å². The molecule has 0 bridgehead atoms. The van der Waals surface area contributed by atoms with E-state index in [2.05, 4.69) is 50.9 Å². The summed E-state index contributed by atoms with van der Waals surface area (Å²) < 4.78 is 11.4. The van der Waals surface area contributed by atoms with Gasteiger partial charge in [0.05, 0.1) is 19.2 Å². The summed E-state index contributed by atoms with van der Waals surface area (Å²) in [5, 5.41) is 9.28. The number of hydrogen-bond donors (Lipinski definition) is 1. The van der Waals surface area contributed by atoms with Crippen LogP contribution in [0.2, 0.25) is 0 Å². The highest BCUT2D eigenvalue weighted by molar-refractivity contribution is 5.68. The van der Waals surface area contributed by atoms with Gasteiger partial charge in [0.2, 0.25) is 5.88 Å². The molecular formula is C29H35NO4. The molecular weight excluding hydrogens is 426 g/mol. The molecule has 1 aromatic heterocycles. The summed E-state index contributed by atoms with van der Waals surface area (Å²) in [6.07, 6.45) is 1.91. The molecule has 3 rings (SSSR count). The van der Waals surface area contributed by atoms with Gasteiger partial charge in [0.25, 0.3) is 0 Å². The van der Waals surface area contributed by atoms with Gasteiger partial charge in [0.1, 0.15) is 12.4 Å². The fourth-order valence-corrected chi connectivity index (χ4v) is 4.17. The van der Waals surface area contributed by atoms with Crippen molar-refractivity contribution in [1.29, 1.82) is 0 Å². The lowest BCUT2D eigenvalue weighted by molar-refractivity contribution is -0.137. The molecule has 0 radical (unpaired) electrons. The lowest BCUT2D eigenvalue weighted by Gasteiger charge is -2.24. The van der Waals surface area contributed by atoms with E-state index in [1.807, 2.05) is 42.5 Å². The first-order valence-electron chi connectivity index (χ1n) is 11.8. The molecule has 0 spiro atoms. The van der Waals surface area contributed by atoms with Crippen LogP contribution in [0, 0.1) is 0 Å². The van der Waals surface area contributed by atoms with Crippen molar-refractivity contribution in [3.8, 4) is 22.9 Å². The van der Waals surface area contributed by atoms with E-state index in [1.165, 1.54) is 5.56 Å². The number of ether oxygens (including phenoxy) is 2. The Morgan fingerprint density at radius 3 is 2.50 bits per heavy atom. The molecule has 5 heteroatoms. The number of aromatic nitrogens is 1. The Hall–Kier alpha value is -3.34. The fourth-order valence-electron chi connectivity index (χ4n) is 4.17. The lowest BCUT2D eigenvalue weighted by Crippen LogP contribution is -2.14. The monoisotopic (exact) mass is 461 g/mol. The van der Waals surface area contributed by atoms with Gasteiger partial charge in [-0.05, 0) is 52.6 Å². The number of hydrogen-bond acceptors (Lipinski definition) is 4. The van der Waals surface area contributed by atoms with Gasteiger partial charge in [-0.25, -0.2) is 4.98 Å². The molecule has 0 aliphatic carbocycles. The Morgan fingerprint density at radius 1 is 1.06 bits per heavy atom. The largest absolute Gasteiger partial charge is 0.489 e. The van der Waals surface area contributed by atoms with Crippen molar-refractivity contribution in [1.82, 2.24) is 4.98 Å². The normalized spacial score (nSPS) is 12.3. The van der Waals surface area contributed by atoms with Gasteiger partial charge in [0.15, 0.2) is 0 Å². The maximum Gasteiger partial charge on any atom is 0.303 e. The zero-order valence-electron chi connectivity index (χ0n) is 20.8. The van der Waals surface area contributed by atoms with Crippen LogP contribution in [-0.2, 0) is 16.8 Å². The summed E-state index contributed by atoms with van der Waals surface area (Å²) in [6.45, 7) is 9.08. The van der Waals surface area contributed by atoms with Crippen molar-refractivity contribution in [3.05, 3.63) is 77.4 Å². The van der Waals surface area contributed by atoms with Crippen LogP contribution in [0.25, 0.3) is 11.3 Å². The molecule has 0 aliphatic heterocycles. The molecule has 1 N–H and O–H groups in total. The molecule has 5 nitrogen and oxygen atoms in total. The Bertz CT molecular complexity index is 1120. The minimum Gasteiger partial charge on any atom is -0.489 e. The summed E-state index contributed by atoms with van der Waals surface area (Å²) in [4.78, 5) is 15.9. The number of benzene rings is 2. The maximum absolute atomic E-state index is 11.3. The van der Waals surface area contributed by atoms with Gasteiger partial charge >= 0.3 is 5.97 Å². The standard InChI is InChI=1S/C29H35NO4/c1-6-9-21(18-28(31)32)22-10-7-11-23(17-22)34-19-20-14-15-24(25(16-20)29(2,3)4)26-12-8-13-27(30-26)33-5/h7-8,10-17,21H,6,9,18-19H2,1-5H3,(H,31,32)/t21-/m1/s1. The van der Waals surface area contributed by atoms with Crippen LogP contribution >= 0.6 is 0 Å². The van der Waals surface area contributed by atoms with Crippen molar-refractivity contribution in [3.63, 3.8) is 0 Å². The summed E-state index contributed by atoms with van der Waals surface area (Å²) in [5.74, 6) is 0.562. The second-order valence-corrected chi connectivity index (χ2v) is 9.64. The highest BCUT2D eigenvalue weighted by atomic mass is 16.5. The van der Waals surface area contributed by atoms with Gasteiger partial charge in [0, 0.05) is 11.6 Å². The first-order valence-corrected chi connectivity index (χ1v) is 11.8. The van der Waals surface area contributed by atoms with Crippen molar-refractivity contribution in [2.45, 2.75) is 64.9 Å². The number of carbonyl (C=O) groups is 1. The Morgan fingerprint density at radius 2 is 1.82 bits per heavy atom. The molecule has 180 valence electrons. The average Bonchev–Trinajstić information content (AvgIpc) is 2.82. The first-order chi connectivity index (χ1) is 16.2. The number of nitrogens with zero attached hydrogens (tertiary/aromatic N) is 1. The Balaban J connectivity index is 1.83. The van der Waals surface area contributed by atoms with E-state index >= 15 is 0 Å². The quantitative estimate of drug-likeness (QED) is 0.352. The van der Waals surface area contributed by atoms with E-state index in [0.717, 1.165) is 41.0 Å². The summed E-state index contributed by atoms with van der Waals surface area (Å²) in [6, 6.07) is 20.0. The van der Waals surface area contributed by atoms with Crippen molar-refractivity contribution < 1.29 is 19.4 Å². The molecule has 2 aromatic carbocycles. The van der Waals surface area contributed by atoms with Crippen molar-refractivity contribution in [2.24, 2.45) is 0 Å². The van der Waals surface area contributed by atoms with Crippen LogP contribution in [0.4, 0.5) is 0 Å². The van der Waals surface area contributed by atoms with E-state index in [-0.39, 0.29) is 17.8 Å². The molecule has 1 atom stereocenters. The Kier molecular flexibility index (Phi) is 8.32. The minimum atomic E-state index is -0.773. The van der Waals surface area contributed by atoms with Gasteiger partial charge in [-0.2, -0.15) is 0 Å². The third-order valence-corrected chi connectivity index (χ3v) is 5.89. The minimum absolute atomic E-state index is 0.00631. The number of carboxylic acids is 1. The fraction of sp³-hybridized carbons (Fsp3) is 0.379. The number of rotatable bonds is 10. The maximum atomic E-state index is 11.3. The predicted molar refractivity (Wildman–Crippen MR) is 136 cm³/mol. The van der Waals surface area contributed by atoms with Gasteiger partial charge in [-0.3, -0.25) is 4.79 Å². The zero-order valence-corrected chi connectivity index (χ0v) is 20.8. The number of pyridine rings is 1. The van der Waals surface area contributed by atoms with Crippen LogP contribution in [0.15, 0.2) is 60.7 Å². The van der Waals surface area contributed by atoms with E-state index in [0.29, 0.717) is 12.5 Å². The lowest BCUT2D eigenvalue weighted by atomic mass is 9.82. The highest BCUT2D eigenvalue weighted by Gasteiger charge is 2.21. The first kappa shape index (κ1) is 25.3. The molecule has 0 fully saturated rings. The summed E-state index contributed by atoms with van der Waals surface area (Å²) >= 11 is 0. The van der Waals surface area contributed by atoms with E-state index in [9.17, 15) is 9.90 Å². The zero-order chi connectivity index (χ0) is 24.7. The van der Waals surface area contributed by atoms with E-state index in [1.54, 1.807) is 7.11 Å². The molecule has 0 amide bonds. The van der Waals surface area contributed by atoms with E-state index in [4.69, 9.17) is 9.47 Å². The summed E-state index contributed by atoms with van der Waals surface area (Å²) in [5.41, 5.74) is 5.14. The predicted octanol–water partition coefficient (Wildman–Crippen LogP) is 6.99. The van der Waals surface area contributed by atoms with Crippen LogP contribution in [0.3, 0.4) is 0 Å². The van der Waals surface area contributed by atoms with Gasteiger partial charge in [-0.15, -0.1) is 0 Å². The molecule has 34 heavy (non-hydrogen) atoms. The third kappa shape index (κ3) is 6.60. The highest BCUT2D eigenvalue weighted by Crippen LogP contribution is 2.34. The number of aliphatic carboxylic acids is 1. The van der Waals surface area contributed by atoms with E-state index < -0.39 is 5.97 Å². The molecule has 0 saturated heterocycles. The van der Waals surface area contributed by atoms with Gasteiger partial charge in [-0.1, -0.05) is 70.5 Å².